The Bertz CT molecular complexity index is 462. The van der Waals surface area contributed by atoms with Crippen molar-refractivity contribution in [3.63, 3.8) is 0 Å². The molecule has 1 aromatic rings. The van der Waals surface area contributed by atoms with Crippen LogP contribution in [0.15, 0.2) is 6.20 Å². The second-order valence-electron chi connectivity index (χ2n) is 6.46. The summed E-state index contributed by atoms with van der Waals surface area (Å²) < 4.78 is 1.55. The van der Waals surface area contributed by atoms with Crippen LogP contribution in [-0.4, -0.2) is 26.9 Å². The molecule has 1 aliphatic rings. The van der Waals surface area contributed by atoms with Crippen molar-refractivity contribution >= 4 is 5.91 Å². The molecule has 0 radical (unpaired) electrons. The van der Waals surface area contributed by atoms with E-state index in [1.165, 1.54) is 19.3 Å². The van der Waals surface area contributed by atoms with Crippen molar-refractivity contribution in [1.29, 1.82) is 0 Å². The van der Waals surface area contributed by atoms with Crippen LogP contribution >= 0.6 is 0 Å². The number of hydrogen-bond donors (Lipinski definition) is 2. The number of hydrogen-bond acceptors (Lipinski definition) is 4. The molecule has 0 spiro atoms. The topological polar surface area (TPSA) is 85.8 Å². The lowest BCUT2D eigenvalue weighted by atomic mass is 9.86. The number of carbonyl (C=O) groups excluding carboxylic acids is 1. The maximum absolute atomic E-state index is 12.1. The summed E-state index contributed by atoms with van der Waals surface area (Å²) in [4.78, 5) is 12.1. The summed E-state index contributed by atoms with van der Waals surface area (Å²) in [5, 5.41) is 11.1. The highest BCUT2D eigenvalue weighted by atomic mass is 16.2. The van der Waals surface area contributed by atoms with Crippen molar-refractivity contribution in [3.8, 4) is 0 Å². The number of nitrogens with one attached hydrogen (secondary N) is 1. The third-order valence-corrected chi connectivity index (χ3v) is 3.96. The van der Waals surface area contributed by atoms with Crippen LogP contribution in [0.1, 0.15) is 52.1 Å². The van der Waals surface area contributed by atoms with E-state index < -0.39 is 5.54 Å². The molecule has 2 atom stereocenters. The van der Waals surface area contributed by atoms with Gasteiger partial charge in [-0.25, -0.2) is 4.68 Å². The van der Waals surface area contributed by atoms with Crippen molar-refractivity contribution < 1.29 is 4.79 Å². The normalized spacial score (nSPS) is 23.6. The van der Waals surface area contributed by atoms with Crippen molar-refractivity contribution in [3.05, 3.63) is 11.9 Å². The van der Waals surface area contributed by atoms with Gasteiger partial charge in [-0.05, 0) is 32.6 Å². The summed E-state index contributed by atoms with van der Waals surface area (Å²) in [6, 6.07) is 0.296. The third kappa shape index (κ3) is 3.79. The first-order chi connectivity index (χ1) is 9.36. The van der Waals surface area contributed by atoms with Crippen LogP contribution in [0.2, 0.25) is 0 Å². The van der Waals surface area contributed by atoms with Gasteiger partial charge in [0.25, 0.3) is 0 Å². The van der Waals surface area contributed by atoms with Crippen LogP contribution in [0.3, 0.4) is 0 Å². The van der Waals surface area contributed by atoms with Crippen LogP contribution in [0, 0.1) is 5.92 Å². The van der Waals surface area contributed by atoms with Crippen molar-refractivity contribution in [2.75, 3.05) is 0 Å². The molecular weight excluding hydrogens is 254 g/mol. The van der Waals surface area contributed by atoms with Gasteiger partial charge in [0.2, 0.25) is 5.91 Å². The number of carbonyl (C=O) groups is 1. The summed E-state index contributed by atoms with van der Waals surface area (Å²) in [6.07, 6.45) is 6.48. The molecule has 1 heterocycles. The molecule has 0 bridgehead atoms. The van der Waals surface area contributed by atoms with Gasteiger partial charge in [0.15, 0.2) is 0 Å². The molecule has 0 aromatic carbocycles. The Hall–Kier alpha value is -1.43. The maximum Gasteiger partial charge on any atom is 0.242 e. The fourth-order valence-electron chi connectivity index (χ4n) is 2.60. The summed E-state index contributed by atoms with van der Waals surface area (Å²) in [5.74, 6) is 0.553. The Kier molecular flexibility index (Phi) is 4.42. The molecule has 1 aromatic heterocycles. The van der Waals surface area contributed by atoms with Gasteiger partial charge in [0.1, 0.15) is 12.2 Å². The molecule has 1 aliphatic carbocycles. The Morgan fingerprint density at radius 1 is 1.50 bits per heavy atom. The van der Waals surface area contributed by atoms with E-state index in [-0.39, 0.29) is 12.5 Å². The van der Waals surface area contributed by atoms with Gasteiger partial charge in [-0.1, -0.05) is 25.0 Å². The molecule has 2 unspecified atom stereocenters. The van der Waals surface area contributed by atoms with E-state index in [0.717, 1.165) is 6.42 Å². The molecule has 1 fully saturated rings. The summed E-state index contributed by atoms with van der Waals surface area (Å²) in [6.45, 7) is 6.14. The van der Waals surface area contributed by atoms with Crippen LogP contribution in [0.5, 0.6) is 0 Å². The highest BCUT2D eigenvalue weighted by Crippen LogP contribution is 2.23. The third-order valence-electron chi connectivity index (χ3n) is 3.96. The van der Waals surface area contributed by atoms with Gasteiger partial charge in [0.05, 0.1) is 11.7 Å². The predicted octanol–water partition coefficient (Wildman–Crippen LogP) is 1.17. The van der Waals surface area contributed by atoms with E-state index in [9.17, 15) is 4.79 Å². The van der Waals surface area contributed by atoms with Gasteiger partial charge < -0.3 is 11.1 Å². The number of amides is 1. The van der Waals surface area contributed by atoms with Gasteiger partial charge in [0, 0.05) is 6.04 Å². The number of rotatable bonds is 4. The summed E-state index contributed by atoms with van der Waals surface area (Å²) >= 11 is 0. The molecule has 6 heteroatoms. The molecule has 1 amide bonds. The first-order valence-corrected chi connectivity index (χ1v) is 7.35. The first-order valence-electron chi connectivity index (χ1n) is 7.35. The number of nitrogens with two attached hydrogens (primary N) is 1. The Morgan fingerprint density at radius 2 is 2.20 bits per heavy atom. The molecule has 3 N–H and O–H groups in total. The average molecular weight is 279 g/mol. The van der Waals surface area contributed by atoms with Gasteiger partial charge in [-0.2, -0.15) is 0 Å². The lowest BCUT2D eigenvalue weighted by Crippen LogP contribution is -2.42. The fraction of sp³-hybridized carbons (Fsp3) is 0.786. The number of nitrogens with zero attached hydrogens (tertiary/aromatic N) is 3. The molecule has 0 aliphatic heterocycles. The first kappa shape index (κ1) is 15.0. The highest BCUT2D eigenvalue weighted by Gasteiger charge is 2.23. The molecule has 6 nitrogen and oxygen atoms in total. The number of aromatic nitrogens is 3. The zero-order chi connectivity index (χ0) is 14.8. The van der Waals surface area contributed by atoms with Crippen LogP contribution in [0.4, 0.5) is 0 Å². The zero-order valence-corrected chi connectivity index (χ0v) is 12.6. The molecule has 2 rings (SSSR count). The minimum Gasteiger partial charge on any atom is -0.351 e. The van der Waals surface area contributed by atoms with E-state index in [1.54, 1.807) is 10.9 Å². The van der Waals surface area contributed by atoms with Crippen LogP contribution in [0.25, 0.3) is 0 Å². The van der Waals surface area contributed by atoms with Crippen LogP contribution < -0.4 is 11.1 Å². The molecule has 0 saturated heterocycles. The maximum atomic E-state index is 12.1. The Labute approximate surface area is 120 Å². The van der Waals surface area contributed by atoms with E-state index >= 15 is 0 Å². The quantitative estimate of drug-likeness (QED) is 0.866. The lowest BCUT2D eigenvalue weighted by Gasteiger charge is -2.29. The SMILES string of the molecule is CC1CCCCC1NC(=O)Cn1cc(C(C)(C)N)nn1. The Morgan fingerprint density at radius 3 is 2.80 bits per heavy atom. The molecule has 1 saturated carbocycles. The van der Waals surface area contributed by atoms with Crippen molar-refractivity contribution in [2.24, 2.45) is 11.7 Å². The van der Waals surface area contributed by atoms with E-state index in [0.29, 0.717) is 17.7 Å². The largest absolute Gasteiger partial charge is 0.351 e. The van der Waals surface area contributed by atoms with E-state index in [4.69, 9.17) is 5.73 Å². The second kappa shape index (κ2) is 5.91. The fourth-order valence-corrected chi connectivity index (χ4v) is 2.60. The van der Waals surface area contributed by atoms with E-state index in [2.05, 4.69) is 22.6 Å². The van der Waals surface area contributed by atoms with Gasteiger partial charge in [-0.3, -0.25) is 4.79 Å². The monoisotopic (exact) mass is 279 g/mol. The average Bonchev–Trinajstić information content (AvgIpc) is 2.80. The second-order valence-corrected chi connectivity index (χ2v) is 6.46. The molecular formula is C14H25N5O. The lowest BCUT2D eigenvalue weighted by molar-refractivity contribution is -0.123. The predicted molar refractivity (Wildman–Crippen MR) is 76.8 cm³/mol. The molecule has 20 heavy (non-hydrogen) atoms. The Balaban J connectivity index is 1.89. The molecule has 112 valence electrons. The minimum atomic E-state index is -0.535. The summed E-state index contributed by atoms with van der Waals surface area (Å²) in [7, 11) is 0. The minimum absolute atomic E-state index is 0.00460. The summed E-state index contributed by atoms with van der Waals surface area (Å²) in [5.41, 5.74) is 6.11. The highest BCUT2D eigenvalue weighted by molar-refractivity contribution is 5.76. The standard InChI is InChI=1S/C14H25N5O/c1-10-6-4-5-7-11(10)16-13(20)9-19-8-12(17-18-19)14(2,3)15/h8,10-11H,4-7,9,15H2,1-3H3,(H,16,20). The van der Waals surface area contributed by atoms with Crippen molar-refractivity contribution in [2.45, 2.75) is 64.6 Å². The zero-order valence-electron chi connectivity index (χ0n) is 12.6. The van der Waals surface area contributed by atoms with Gasteiger partial charge in [-0.15, -0.1) is 5.10 Å². The van der Waals surface area contributed by atoms with E-state index in [1.807, 2.05) is 13.8 Å². The van der Waals surface area contributed by atoms with Gasteiger partial charge >= 0.3 is 0 Å². The smallest absolute Gasteiger partial charge is 0.242 e. The van der Waals surface area contributed by atoms with Crippen molar-refractivity contribution in [1.82, 2.24) is 20.3 Å². The van der Waals surface area contributed by atoms with Crippen LogP contribution in [-0.2, 0) is 16.9 Å².